The SMILES string of the molecule is CC(NC(=O)c1ccc(F)nc1)c1ccco1. The molecule has 1 unspecified atom stereocenters. The number of aromatic nitrogens is 1. The van der Waals surface area contributed by atoms with Crippen LogP contribution in [0, 0.1) is 5.95 Å². The van der Waals surface area contributed by atoms with Crippen LogP contribution in [0.25, 0.3) is 0 Å². The maximum atomic E-state index is 12.6. The molecule has 0 saturated carbocycles. The van der Waals surface area contributed by atoms with E-state index >= 15 is 0 Å². The summed E-state index contributed by atoms with van der Waals surface area (Å²) in [6.07, 6.45) is 2.73. The molecule has 1 amide bonds. The Bertz CT molecular complexity index is 494. The van der Waals surface area contributed by atoms with E-state index in [1.54, 1.807) is 19.1 Å². The van der Waals surface area contributed by atoms with Crippen LogP contribution in [-0.4, -0.2) is 10.9 Å². The standard InChI is InChI=1S/C12H11FN2O2/c1-8(10-3-2-6-17-10)15-12(16)9-4-5-11(13)14-7-9/h2-8H,1H3,(H,15,16). The lowest BCUT2D eigenvalue weighted by Gasteiger charge is -2.10. The van der Waals surface area contributed by atoms with Crippen LogP contribution in [-0.2, 0) is 0 Å². The van der Waals surface area contributed by atoms with Crippen LogP contribution in [0.4, 0.5) is 4.39 Å². The molecule has 0 fully saturated rings. The van der Waals surface area contributed by atoms with E-state index in [-0.39, 0.29) is 11.9 Å². The molecule has 0 aromatic carbocycles. The van der Waals surface area contributed by atoms with E-state index < -0.39 is 5.95 Å². The molecule has 0 saturated heterocycles. The maximum Gasteiger partial charge on any atom is 0.253 e. The number of amides is 1. The summed E-state index contributed by atoms with van der Waals surface area (Å²) in [6, 6.07) is 5.80. The topological polar surface area (TPSA) is 55.1 Å². The molecular formula is C12H11FN2O2. The first kappa shape index (κ1) is 11.3. The molecule has 2 aromatic heterocycles. The number of carbonyl (C=O) groups excluding carboxylic acids is 1. The van der Waals surface area contributed by atoms with Gasteiger partial charge in [-0.1, -0.05) is 0 Å². The minimum Gasteiger partial charge on any atom is -0.467 e. The molecule has 2 heterocycles. The minimum absolute atomic E-state index is 0.248. The summed E-state index contributed by atoms with van der Waals surface area (Å²) in [5.41, 5.74) is 0.310. The predicted molar refractivity (Wildman–Crippen MR) is 58.8 cm³/mol. The average Bonchev–Trinajstić information content (AvgIpc) is 2.83. The molecule has 4 nitrogen and oxygen atoms in total. The van der Waals surface area contributed by atoms with Crippen molar-refractivity contribution in [2.45, 2.75) is 13.0 Å². The normalized spacial score (nSPS) is 12.1. The molecule has 0 aliphatic rings. The molecule has 1 N–H and O–H groups in total. The van der Waals surface area contributed by atoms with Crippen molar-refractivity contribution in [3.05, 3.63) is 54.0 Å². The summed E-state index contributed by atoms with van der Waals surface area (Å²) < 4.78 is 17.7. The van der Waals surface area contributed by atoms with Gasteiger partial charge in [-0.25, -0.2) is 4.98 Å². The van der Waals surface area contributed by atoms with Crippen molar-refractivity contribution in [3.63, 3.8) is 0 Å². The van der Waals surface area contributed by atoms with E-state index in [1.165, 1.54) is 18.5 Å². The number of hydrogen-bond donors (Lipinski definition) is 1. The van der Waals surface area contributed by atoms with E-state index in [1.807, 2.05) is 0 Å². The lowest BCUT2D eigenvalue weighted by molar-refractivity contribution is 0.0935. The molecule has 1 atom stereocenters. The summed E-state index contributed by atoms with van der Waals surface area (Å²) in [5, 5.41) is 2.72. The van der Waals surface area contributed by atoms with Gasteiger partial charge in [0.15, 0.2) is 0 Å². The van der Waals surface area contributed by atoms with Crippen molar-refractivity contribution in [2.24, 2.45) is 0 Å². The van der Waals surface area contributed by atoms with Gasteiger partial charge in [-0.15, -0.1) is 0 Å². The lowest BCUT2D eigenvalue weighted by atomic mass is 10.2. The van der Waals surface area contributed by atoms with Crippen molar-refractivity contribution >= 4 is 5.91 Å². The summed E-state index contributed by atoms with van der Waals surface area (Å²) in [6.45, 7) is 1.80. The first-order valence-electron chi connectivity index (χ1n) is 5.12. The molecule has 2 rings (SSSR count). The number of nitrogens with zero attached hydrogens (tertiary/aromatic N) is 1. The highest BCUT2D eigenvalue weighted by Gasteiger charge is 2.13. The Labute approximate surface area is 97.5 Å². The first-order chi connectivity index (χ1) is 8.16. The van der Waals surface area contributed by atoms with Crippen molar-refractivity contribution in [1.29, 1.82) is 0 Å². The molecular weight excluding hydrogens is 223 g/mol. The van der Waals surface area contributed by atoms with Crippen LogP contribution in [0.2, 0.25) is 0 Å². The fraction of sp³-hybridized carbons (Fsp3) is 0.167. The molecule has 17 heavy (non-hydrogen) atoms. The van der Waals surface area contributed by atoms with Gasteiger partial charge in [0.1, 0.15) is 5.76 Å². The smallest absolute Gasteiger partial charge is 0.253 e. The number of pyridine rings is 1. The molecule has 5 heteroatoms. The third-order valence-electron chi connectivity index (χ3n) is 2.31. The Morgan fingerprint density at radius 2 is 2.29 bits per heavy atom. The van der Waals surface area contributed by atoms with E-state index in [2.05, 4.69) is 10.3 Å². The molecule has 88 valence electrons. The van der Waals surface area contributed by atoms with Crippen molar-refractivity contribution in [2.75, 3.05) is 0 Å². The Morgan fingerprint density at radius 1 is 1.47 bits per heavy atom. The number of halogens is 1. The van der Waals surface area contributed by atoms with E-state index in [0.29, 0.717) is 11.3 Å². The van der Waals surface area contributed by atoms with Crippen LogP contribution in [0.3, 0.4) is 0 Å². The van der Waals surface area contributed by atoms with E-state index in [9.17, 15) is 9.18 Å². The van der Waals surface area contributed by atoms with Crippen LogP contribution >= 0.6 is 0 Å². The van der Waals surface area contributed by atoms with Gasteiger partial charge in [0.2, 0.25) is 5.95 Å². The highest BCUT2D eigenvalue weighted by Crippen LogP contribution is 2.13. The third kappa shape index (κ3) is 2.69. The summed E-state index contributed by atoms with van der Waals surface area (Å²) >= 11 is 0. The van der Waals surface area contributed by atoms with Crippen LogP contribution < -0.4 is 5.32 Å². The zero-order valence-corrected chi connectivity index (χ0v) is 9.18. The highest BCUT2D eigenvalue weighted by molar-refractivity contribution is 5.94. The average molecular weight is 234 g/mol. The quantitative estimate of drug-likeness (QED) is 0.829. The zero-order valence-electron chi connectivity index (χ0n) is 9.18. The summed E-state index contributed by atoms with van der Waals surface area (Å²) in [7, 11) is 0. The molecule has 0 radical (unpaired) electrons. The van der Waals surface area contributed by atoms with Gasteiger partial charge in [0.25, 0.3) is 5.91 Å². The maximum absolute atomic E-state index is 12.6. The Kier molecular flexibility index (Phi) is 3.18. The predicted octanol–water partition coefficient (Wildman–Crippen LogP) is 2.30. The highest BCUT2D eigenvalue weighted by atomic mass is 19.1. The molecule has 0 bridgehead atoms. The lowest BCUT2D eigenvalue weighted by Crippen LogP contribution is -2.26. The second-order valence-electron chi connectivity index (χ2n) is 3.58. The number of nitrogens with one attached hydrogen (secondary N) is 1. The Balaban J connectivity index is 2.04. The minimum atomic E-state index is -0.611. The van der Waals surface area contributed by atoms with Crippen LogP contribution in [0.5, 0.6) is 0 Å². The van der Waals surface area contributed by atoms with E-state index in [0.717, 1.165) is 6.07 Å². The van der Waals surface area contributed by atoms with Gasteiger partial charge in [-0.2, -0.15) is 4.39 Å². The van der Waals surface area contributed by atoms with Gasteiger partial charge >= 0.3 is 0 Å². The zero-order chi connectivity index (χ0) is 12.3. The van der Waals surface area contributed by atoms with Crippen molar-refractivity contribution in [3.8, 4) is 0 Å². The largest absolute Gasteiger partial charge is 0.467 e. The first-order valence-corrected chi connectivity index (χ1v) is 5.12. The monoisotopic (exact) mass is 234 g/mol. The molecule has 0 spiro atoms. The van der Waals surface area contributed by atoms with Gasteiger partial charge < -0.3 is 9.73 Å². The van der Waals surface area contributed by atoms with Gasteiger partial charge in [-0.3, -0.25) is 4.79 Å². The Hall–Kier alpha value is -2.17. The number of furan rings is 1. The van der Waals surface area contributed by atoms with E-state index in [4.69, 9.17) is 4.42 Å². The molecule has 0 aliphatic carbocycles. The number of hydrogen-bond acceptors (Lipinski definition) is 3. The summed E-state index contributed by atoms with van der Waals surface area (Å²) in [5.74, 6) is -0.268. The number of carbonyl (C=O) groups is 1. The van der Waals surface area contributed by atoms with Crippen molar-refractivity contribution in [1.82, 2.24) is 10.3 Å². The fourth-order valence-corrected chi connectivity index (χ4v) is 1.40. The van der Waals surface area contributed by atoms with Gasteiger partial charge in [0, 0.05) is 6.20 Å². The van der Waals surface area contributed by atoms with Crippen LogP contribution in [0.15, 0.2) is 41.1 Å². The molecule has 0 aliphatic heterocycles. The van der Waals surface area contributed by atoms with Gasteiger partial charge in [-0.05, 0) is 31.2 Å². The Morgan fingerprint density at radius 3 is 2.88 bits per heavy atom. The summed E-state index contributed by atoms with van der Waals surface area (Å²) in [4.78, 5) is 15.2. The number of rotatable bonds is 3. The second-order valence-corrected chi connectivity index (χ2v) is 3.58. The van der Waals surface area contributed by atoms with Crippen molar-refractivity contribution < 1.29 is 13.6 Å². The fourth-order valence-electron chi connectivity index (χ4n) is 1.40. The van der Waals surface area contributed by atoms with Crippen LogP contribution in [0.1, 0.15) is 29.1 Å². The van der Waals surface area contributed by atoms with Gasteiger partial charge in [0.05, 0.1) is 17.9 Å². The third-order valence-corrected chi connectivity index (χ3v) is 2.31. The molecule has 2 aromatic rings. The second kappa shape index (κ2) is 4.78.